The number of hydrogen-bond acceptors (Lipinski definition) is 6. The van der Waals surface area contributed by atoms with Gasteiger partial charge in [0.25, 0.3) is 0 Å². The van der Waals surface area contributed by atoms with E-state index in [-0.39, 0.29) is 35.8 Å². The van der Waals surface area contributed by atoms with Gasteiger partial charge in [0.1, 0.15) is 11.6 Å². The standard InChI is InChI=1S/C21H19FN2O5/c1-13-21(24(26)27)20(29-23-13)12-16(14-5-9-18(28-2)10-6-14)11-19(25)15-3-7-17(22)8-4-15/h3-10,16H,11-12H2,1-2H3/t16-/m1/s1. The number of methoxy groups -OCH3 is 1. The quantitative estimate of drug-likeness (QED) is 0.312. The Hall–Kier alpha value is -3.55. The molecule has 0 unspecified atom stereocenters. The summed E-state index contributed by atoms with van der Waals surface area (Å²) in [5.74, 6) is -0.269. The predicted molar refractivity (Wildman–Crippen MR) is 103 cm³/mol. The Labute approximate surface area is 166 Å². The van der Waals surface area contributed by atoms with Gasteiger partial charge < -0.3 is 9.26 Å². The first-order valence-electron chi connectivity index (χ1n) is 8.91. The van der Waals surface area contributed by atoms with Crippen LogP contribution in [-0.4, -0.2) is 23.0 Å². The second-order valence-electron chi connectivity index (χ2n) is 6.61. The van der Waals surface area contributed by atoms with Gasteiger partial charge in [-0.1, -0.05) is 17.3 Å². The van der Waals surface area contributed by atoms with E-state index in [2.05, 4.69) is 5.16 Å². The number of ether oxygens (including phenoxy) is 1. The van der Waals surface area contributed by atoms with Crippen molar-refractivity contribution in [2.75, 3.05) is 7.11 Å². The second-order valence-corrected chi connectivity index (χ2v) is 6.61. The molecule has 0 spiro atoms. The van der Waals surface area contributed by atoms with E-state index < -0.39 is 16.7 Å². The Balaban J connectivity index is 1.92. The fourth-order valence-corrected chi connectivity index (χ4v) is 3.16. The van der Waals surface area contributed by atoms with E-state index in [1.807, 2.05) is 0 Å². The zero-order chi connectivity index (χ0) is 21.0. The molecule has 2 aromatic carbocycles. The van der Waals surface area contributed by atoms with E-state index >= 15 is 0 Å². The van der Waals surface area contributed by atoms with Crippen molar-refractivity contribution in [2.24, 2.45) is 0 Å². The molecule has 1 atom stereocenters. The Bertz CT molecular complexity index is 1010. The molecular formula is C21H19FN2O5. The molecule has 3 rings (SSSR count). The average molecular weight is 398 g/mol. The molecule has 0 radical (unpaired) electrons. The van der Waals surface area contributed by atoms with Crippen molar-refractivity contribution < 1.29 is 23.4 Å². The summed E-state index contributed by atoms with van der Waals surface area (Å²) in [6.07, 6.45) is 0.186. The van der Waals surface area contributed by atoms with Crippen molar-refractivity contribution in [1.82, 2.24) is 5.16 Å². The third kappa shape index (κ3) is 4.66. The summed E-state index contributed by atoms with van der Waals surface area (Å²) < 4.78 is 23.5. The molecule has 0 N–H and O–H groups in total. The van der Waals surface area contributed by atoms with Gasteiger partial charge in [-0.05, 0) is 54.8 Å². The SMILES string of the molecule is COc1ccc([C@H](CC(=O)c2ccc(F)cc2)Cc2onc(C)c2[N+](=O)[O-])cc1. The molecule has 0 saturated heterocycles. The lowest BCUT2D eigenvalue weighted by Crippen LogP contribution is -2.11. The van der Waals surface area contributed by atoms with Gasteiger partial charge in [-0.3, -0.25) is 14.9 Å². The predicted octanol–water partition coefficient (Wildman–Crippen LogP) is 4.64. The molecule has 1 aromatic heterocycles. The number of nitrogens with zero attached hydrogens (tertiary/aromatic N) is 2. The summed E-state index contributed by atoms with van der Waals surface area (Å²) in [6.45, 7) is 1.50. The van der Waals surface area contributed by atoms with Crippen molar-refractivity contribution in [3.63, 3.8) is 0 Å². The van der Waals surface area contributed by atoms with Crippen LogP contribution in [0.5, 0.6) is 5.75 Å². The summed E-state index contributed by atoms with van der Waals surface area (Å²) in [5, 5.41) is 15.1. The maximum atomic E-state index is 13.2. The number of halogens is 1. The molecule has 0 fully saturated rings. The van der Waals surface area contributed by atoms with Crippen LogP contribution in [0.3, 0.4) is 0 Å². The number of Topliss-reactive ketones (excluding diaryl/α,β-unsaturated/α-hetero) is 1. The molecule has 0 amide bonds. The number of aromatic nitrogens is 1. The molecular weight excluding hydrogens is 379 g/mol. The first kappa shape index (κ1) is 20.2. The number of hydrogen-bond donors (Lipinski definition) is 0. The fourth-order valence-electron chi connectivity index (χ4n) is 3.16. The minimum Gasteiger partial charge on any atom is -0.497 e. The Kier molecular flexibility index (Phi) is 6.01. The fraction of sp³-hybridized carbons (Fsp3) is 0.238. The molecule has 7 nitrogen and oxygen atoms in total. The van der Waals surface area contributed by atoms with E-state index in [0.717, 1.165) is 5.56 Å². The lowest BCUT2D eigenvalue weighted by molar-refractivity contribution is -0.386. The van der Waals surface area contributed by atoms with E-state index in [0.29, 0.717) is 11.3 Å². The van der Waals surface area contributed by atoms with Gasteiger partial charge in [-0.15, -0.1) is 0 Å². The van der Waals surface area contributed by atoms with Crippen LogP contribution >= 0.6 is 0 Å². The van der Waals surface area contributed by atoms with Crippen LogP contribution in [-0.2, 0) is 6.42 Å². The van der Waals surface area contributed by atoms with Crippen LogP contribution in [0.4, 0.5) is 10.1 Å². The number of carbonyl (C=O) groups is 1. The molecule has 0 aliphatic carbocycles. The van der Waals surface area contributed by atoms with E-state index in [1.54, 1.807) is 31.4 Å². The highest BCUT2D eigenvalue weighted by Gasteiger charge is 2.28. The van der Waals surface area contributed by atoms with Gasteiger partial charge >= 0.3 is 5.69 Å². The van der Waals surface area contributed by atoms with Gasteiger partial charge in [-0.2, -0.15) is 0 Å². The van der Waals surface area contributed by atoms with Crippen molar-refractivity contribution in [2.45, 2.75) is 25.7 Å². The van der Waals surface area contributed by atoms with Gasteiger partial charge in [0.2, 0.25) is 5.76 Å². The monoisotopic (exact) mass is 398 g/mol. The molecule has 0 aliphatic heterocycles. The third-order valence-electron chi connectivity index (χ3n) is 4.70. The van der Waals surface area contributed by atoms with E-state index in [4.69, 9.17) is 9.26 Å². The normalized spacial score (nSPS) is 11.8. The van der Waals surface area contributed by atoms with Crippen LogP contribution < -0.4 is 4.74 Å². The van der Waals surface area contributed by atoms with E-state index in [9.17, 15) is 19.3 Å². The molecule has 1 heterocycles. The van der Waals surface area contributed by atoms with Crippen molar-refractivity contribution in [3.05, 3.63) is 87.0 Å². The van der Waals surface area contributed by atoms with Crippen LogP contribution in [0, 0.1) is 22.9 Å². The van der Waals surface area contributed by atoms with Crippen LogP contribution in [0.2, 0.25) is 0 Å². The summed E-state index contributed by atoms with van der Waals surface area (Å²) >= 11 is 0. The molecule has 150 valence electrons. The van der Waals surface area contributed by atoms with Gasteiger partial charge in [-0.25, -0.2) is 4.39 Å². The second kappa shape index (κ2) is 8.64. The largest absolute Gasteiger partial charge is 0.497 e. The third-order valence-corrected chi connectivity index (χ3v) is 4.70. The Morgan fingerprint density at radius 3 is 2.45 bits per heavy atom. The molecule has 0 aliphatic rings. The summed E-state index contributed by atoms with van der Waals surface area (Å²) in [7, 11) is 1.55. The lowest BCUT2D eigenvalue weighted by atomic mass is 9.88. The first-order valence-corrected chi connectivity index (χ1v) is 8.91. The van der Waals surface area contributed by atoms with Gasteiger partial charge in [0.15, 0.2) is 11.5 Å². The first-order chi connectivity index (χ1) is 13.9. The summed E-state index contributed by atoms with van der Waals surface area (Å²) in [5.41, 5.74) is 1.17. The zero-order valence-electron chi connectivity index (χ0n) is 15.9. The molecule has 29 heavy (non-hydrogen) atoms. The lowest BCUT2D eigenvalue weighted by Gasteiger charge is -2.16. The maximum absolute atomic E-state index is 13.2. The Morgan fingerprint density at radius 1 is 1.21 bits per heavy atom. The van der Waals surface area contributed by atoms with Crippen molar-refractivity contribution in [3.8, 4) is 5.75 Å². The zero-order valence-corrected chi connectivity index (χ0v) is 15.9. The number of aryl methyl sites for hydroxylation is 1. The molecule has 0 bridgehead atoms. The highest BCUT2D eigenvalue weighted by atomic mass is 19.1. The van der Waals surface area contributed by atoms with Crippen molar-refractivity contribution in [1.29, 1.82) is 0 Å². The summed E-state index contributed by atoms with van der Waals surface area (Å²) in [6, 6.07) is 12.4. The number of carbonyl (C=O) groups excluding carboxylic acids is 1. The summed E-state index contributed by atoms with van der Waals surface area (Å²) in [4.78, 5) is 23.6. The van der Waals surface area contributed by atoms with Crippen molar-refractivity contribution >= 4 is 11.5 Å². The molecule has 0 saturated carbocycles. The van der Waals surface area contributed by atoms with Crippen LogP contribution in [0.25, 0.3) is 0 Å². The highest BCUT2D eigenvalue weighted by Crippen LogP contribution is 2.32. The molecule has 8 heteroatoms. The minimum atomic E-state index is -0.534. The number of nitro groups is 1. The topological polar surface area (TPSA) is 95.5 Å². The number of rotatable bonds is 8. The maximum Gasteiger partial charge on any atom is 0.334 e. The minimum absolute atomic E-state index is 0.0643. The van der Waals surface area contributed by atoms with Crippen LogP contribution in [0.15, 0.2) is 53.1 Å². The smallest absolute Gasteiger partial charge is 0.334 e. The number of benzene rings is 2. The molecule has 3 aromatic rings. The highest BCUT2D eigenvalue weighted by molar-refractivity contribution is 5.96. The number of ketones is 1. The Morgan fingerprint density at radius 2 is 1.86 bits per heavy atom. The van der Waals surface area contributed by atoms with E-state index in [1.165, 1.54) is 31.2 Å². The average Bonchev–Trinajstić information content (AvgIpc) is 3.08. The van der Waals surface area contributed by atoms with Gasteiger partial charge in [0.05, 0.1) is 12.0 Å². The van der Waals surface area contributed by atoms with Gasteiger partial charge in [0, 0.05) is 18.4 Å². The van der Waals surface area contributed by atoms with Crippen LogP contribution in [0.1, 0.15) is 39.7 Å².